The largest absolute Gasteiger partial charge is 0.373 e. The van der Waals surface area contributed by atoms with Crippen LogP contribution in [0.1, 0.15) is 24.9 Å². The van der Waals surface area contributed by atoms with Crippen LogP contribution in [-0.4, -0.2) is 4.92 Å². The SMILES string of the molecule is CCC(Nc1cc(F)ccc1[N+](=O)[O-])c1cccc(Br)c1. The number of hydrogen-bond donors (Lipinski definition) is 1. The Labute approximate surface area is 130 Å². The van der Waals surface area contributed by atoms with Crippen LogP contribution in [0.3, 0.4) is 0 Å². The molecule has 1 atom stereocenters. The molecule has 0 amide bonds. The van der Waals surface area contributed by atoms with Crippen LogP contribution < -0.4 is 5.32 Å². The molecule has 0 aromatic heterocycles. The molecule has 2 aromatic carbocycles. The maximum atomic E-state index is 13.4. The minimum Gasteiger partial charge on any atom is -0.373 e. The van der Waals surface area contributed by atoms with Crippen molar-refractivity contribution >= 4 is 27.3 Å². The smallest absolute Gasteiger partial charge is 0.292 e. The van der Waals surface area contributed by atoms with E-state index >= 15 is 0 Å². The van der Waals surface area contributed by atoms with E-state index in [0.717, 1.165) is 22.2 Å². The Hall–Kier alpha value is -1.95. The average molecular weight is 353 g/mol. The van der Waals surface area contributed by atoms with Crippen molar-refractivity contribution in [3.05, 3.63) is 68.4 Å². The zero-order valence-corrected chi connectivity index (χ0v) is 12.9. The monoisotopic (exact) mass is 352 g/mol. The molecule has 0 bridgehead atoms. The van der Waals surface area contributed by atoms with Gasteiger partial charge >= 0.3 is 0 Å². The van der Waals surface area contributed by atoms with E-state index in [1.54, 1.807) is 0 Å². The summed E-state index contributed by atoms with van der Waals surface area (Å²) in [6, 6.07) is 10.9. The first-order valence-corrected chi connectivity index (χ1v) is 7.26. The predicted molar refractivity (Wildman–Crippen MR) is 83.9 cm³/mol. The molecule has 0 fully saturated rings. The topological polar surface area (TPSA) is 55.2 Å². The van der Waals surface area contributed by atoms with Crippen molar-refractivity contribution in [3.63, 3.8) is 0 Å². The molecule has 0 saturated heterocycles. The van der Waals surface area contributed by atoms with Gasteiger partial charge in [0.25, 0.3) is 5.69 Å². The van der Waals surface area contributed by atoms with Crippen LogP contribution in [0.25, 0.3) is 0 Å². The Morgan fingerprint density at radius 1 is 1.33 bits per heavy atom. The zero-order valence-electron chi connectivity index (χ0n) is 11.3. The molecule has 1 unspecified atom stereocenters. The Balaban J connectivity index is 2.34. The summed E-state index contributed by atoms with van der Waals surface area (Å²) in [7, 11) is 0. The molecular formula is C15H14BrFN2O2. The predicted octanol–water partition coefficient (Wildman–Crippen LogP) is 5.06. The van der Waals surface area contributed by atoms with Crippen LogP contribution in [0, 0.1) is 15.9 Å². The van der Waals surface area contributed by atoms with Crippen LogP contribution in [0.5, 0.6) is 0 Å². The van der Waals surface area contributed by atoms with E-state index in [2.05, 4.69) is 21.2 Å². The summed E-state index contributed by atoms with van der Waals surface area (Å²) < 4.78 is 14.3. The molecule has 2 aromatic rings. The third-order valence-corrected chi connectivity index (χ3v) is 3.64. The number of halogens is 2. The van der Waals surface area contributed by atoms with Crippen molar-refractivity contribution in [1.29, 1.82) is 0 Å². The first-order chi connectivity index (χ1) is 10.0. The number of nitrogens with one attached hydrogen (secondary N) is 1. The standard InChI is InChI=1S/C15H14BrFN2O2/c1-2-13(10-4-3-5-11(16)8-10)18-14-9-12(17)6-7-15(14)19(20)21/h3-9,13,18H,2H2,1H3. The van der Waals surface area contributed by atoms with Crippen molar-refractivity contribution in [2.45, 2.75) is 19.4 Å². The van der Waals surface area contributed by atoms with Gasteiger partial charge in [0.1, 0.15) is 11.5 Å². The maximum absolute atomic E-state index is 13.4. The number of hydrogen-bond acceptors (Lipinski definition) is 3. The summed E-state index contributed by atoms with van der Waals surface area (Å²) in [4.78, 5) is 10.5. The lowest BCUT2D eigenvalue weighted by Gasteiger charge is -2.19. The van der Waals surface area contributed by atoms with Gasteiger partial charge in [0.2, 0.25) is 0 Å². The van der Waals surface area contributed by atoms with Gasteiger partial charge in [-0.25, -0.2) is 4.39 Å². The van der Waals surface area contributed by atoms with Crippen LogP contribution in [0.15, 0.2) is 46.9 Å². The van der Waals surface area contributed by atoms with E-state index in [1.165, 1.54) is 6.07 Å². The molecule has 6 heteroatoms. The van der Waals surface area contributed by atoms with Gasteiger partial charge in [-0.15, -0.1) is 0 Å². The van der Waals surface area contributed by atoms with Crippen LogP contribution in [-0.2, 0) is 0 Å². The highest BCUT2D eigenvalue weighted by Gasteiger charge is 2.18. The fourth-order valence-corrected chi connectivity index (χ4v) is 2.53. The minimum absolute atomic E-state index is 0.134. The van der Waals surface area contributed by atoms with Crippen molar-refractivity contribution in [2.24, 2.45) is 0 Å². The highest BCUT2D eigenvalue weighted by molar-refractivity contribution is 9.10. The number of benzene rings is 2. The first kappa shape index (κ1) is 15.4. The van der Waals surface area contributed by atoms with E-state index in [-0.39, 0.29) is 17.4 Å². The highest BCUT2D eigenvalue weighted by atomic mass is 79.9. The van der Waals surface area contributed by atoms with Crippen molar-refractivity contribution < 1.29 is 9.31 Å². The van der Waals surface area contributed by atoms with Gasteiger partial charge in [0.05, 0.1) is 11.0 Å². The molecule has 110 valence electrons. The summed E-state index contributed by atoms with van der Waals surface area (Å²) in [5.74, 6) is -0.507. The van der Waals surface area contributed by atoms with Crippen LogP contribution >= 0.6 is 15.9 Å². The molecule has 0 aliphatic carbocycles. The molecule has 0 saturated carbocycles. The van der Waals surface area contributed by atoms with Gasteiger partial charge < -0.3 is 5.32 Å². The fraction of sp³-hybridized carbons (Fsp3) is 0.200. The summed E-state index contributed by atoms with van der Waals surface area (Å²) in [6.07, 6.45) is 0.712. The van der Waals surface area contributed by atoms with Gasteiger partial charge in [-0.1, -0.05) is 35.0 Å². The molecule has 4 nitrogen and oxygen atoms in total. The van der Waals surface area contributed by atoms with Gasteiger partial charge in [0.15, 0.2) is 0 Å². The Kier molecular flexibility index (Phi) is 4.90. The Bertz CT molecular complexity index is 664. The lowest BCUT2D eigenvalue weighted by atomic mass is 10.0. The number of nitro benzene ring substituents is 1. The van der Waals surface area contributed by atoms with Gasteiger partial charge in [-0.3, -0.25) is 10.1 Å². The molecule has 0 heterocycles. The highest BCUT2D eigenvalue weighted by Crippen LogP contribution is 2.31. The second kappa shape index (κ2) is 6.67. The van der Waals surface area contributed by atoms with Crippen LogP contribution in [0.4, 0.5) is 15.8 Å². The van der Waals surface area contributed by atoms with Gasteiger partial charge in [-0.2, -0.15) is 0 Å². The molecule has 1 N–H and O–H groups in total. The summed E-state index contributed by atoms with van der Waals surface area (Å²) in [6.45, 7) is 1.96. The lowest BCUT2D eigenvalue weighted by molar-refractivity contribution is -0.384. The molecular weight excluding hydrogens is 339 g/mol. The second-order valence-corrected chi connectivity index (χ2v) is 5.49. The van der Waals surface area contributed by atoms with Crippen LogP contribution in [0.2, 0.25) is 0 Å². The fourth-order valence-electron chi connectivity index (χ4n) is 2.12. The number of nitro groups is 1. The van der Waals surface area contributed by atoms with Crippen molar-refractivity contribution in [2.75, 3.05) is 5.32 Å². The quantitative estimate of drug-likeness (QED) is 0.604. The number of rotatable bonds is 5. The van der Waals surface area contributed by atoms with Crippen molar-refractivity contribution in [1.82, 2.24) is 0 Å². The molecule has 0 radical (unpaired) electrons. The first-order valence-electron chi connectivity index (χ1n) is 6.47. The van der Waals surface area contributed by atoms with E-state index in [1.807, 2.05) is 31.2 Å². The lowest BCUT2D eigenvalue weighted by Crippen LogP contribution is -2.11. The van der Waals surface area contributed by atoms with E-state index in [0.29, 0.717) is 6.42 Å². The van der Waals surface area contributed by atoms with Gasteiger partial charge in [-0.05, 0) is 30.2 Å². The summed E-state index contributed by atoms with van der Waals surface area (Å²) >= 11 is 3.40. The molecule has 0 aliphatic rings. The Morgan fingerprint density at radius 2 is 2.10 bits per heavy atom. The third kappa shape index (κ3) is 3.78. The van der Waals surface area contributed by atoms with E-state index < -0.39 is 10.7 Å². The second-order valence-electron chi connectivity index (χ2n) is 4.58. The van der Waals surface area contributed by atoms with Crippen molar-refractivity contribution in [3.8, 4) is 0 Å². The summed E-state index contributed by atoms with van der Waals surface area (Å²) in [5, 5.41) is 14.1. The normalized spacial score (nSPS) is 12.0. The molecule has 0 aliphatic heterocycles. The molecule has 21 heavy (non-hydrogen) atoms. The minimum atomic E-state index is -0.518. The molecule has 2 rings (SSSR count). The van der Waals surface area contributed by atoms with E-state index in [4.69, 9.17) is 0 Å². The maximum Gasteiger partial charge on any atom is 0.292 e. The summed E-state index contributed by atoms with van der Waals surface area (Å²) in [5.41, 5.74) is 1.03. The van der Waals surface area contributed by atoms with Gasteiger partial charge in [0, 0.05) is 16.6 Å². The number of anilines is 1. The third-order valence-electron chi connectivity index (χ3n) is 3.14. The Morgan fingerprint density at radius 3 is 2.71 bits per heavy atom. The average Bonchev–Trinajstić information content (AvgIpc) is 2.44. The van der Waals surface area contributed by atoms with E-state index in [9.17, 15) is 14.5 Å². The molecule has 0 spiro atoms. The number of nitrogens with zero attached hydrogens (tertiary/aromatic N) is 1. The zero-order chi connectivity index (χ0) is 15.4.